The largest absolute Gasteiger partial charge is 0.494 e. The summed E-state index contributed by atoms with van der Waals surface area (Å²) in [7, 11) is 1.44. The molecule has 0 atom stereocenters. The van der Waals surface area contributed by atoms with E-state index in [-0.39, 0.29) is 17.2 Å². The molecule has 2 heterocycles. The lowest BCUT2D eigenvalue weighted by atomic mass is 9.83. The first-order valence-corrected chi connectivity index (χ1v) is 10.2. The second kappa shape index (κ2) is 9.20. The fourth-order valence-electron chi connectivity index (χ4n) is 3.93. The van der Waals surface area contributed by atoms with Crippen molar-refractivity contribution < 1.29 is 23.3 Å². The molecule has 0 saturated carbocycles. The first-order valence-electron chi connectivity index (χ1n) is 10.2. The number of rotatable bonds is 7. The standard InChI is InChI=1S/C23H26FN3O4/c1-28-21-7-4-17(8-20(21)24)10-27(19-5-2-16(9-25)3-6-19)13-23(14-29-15-23)22-30-11-18(26)12-31-22/h2-8,18,22H,10-15,26H2,1H3. The normalized spacial score (nSPS) is 22.3. The van der Waals surface area contributed by atoms with Crippen LogP contribution >= 0.6 is 0 Å². The smallest absolute Gasteiger partial charge is 0.169 e. The maximum atomic E-state index is 14.3. The lowest BCUT2D eigenvalue weighted by Crippen LogP contribution is -2.61. The first-order chi connectivity index (χ1) is 15.0. The molecule has 0 spiro atoms. The fraction of sp³-hybridized carbons (Fsp3) is 0.435. The lowest BCUT2D eigenvalue weighted by Gasteiger charge is -2.50. The van der Waals surface area contributed by atoms with Gasteiger partial charge in [-0.05, 0) is 42.0 Å². The van der Waals surface area contributed by atoms with Gasteiger partial charge >= 0.3 is 0 Å². The second-order valence-electron chi connectivity index (χ2n) is 8.10. The van der Waals surface area contributed by atoms with Crippen molar-refractivity contribution in [3.63, 3.8) is 0 Å². The summed E-state index contributed by atoms with van der Waals surface area (Å²) < 4.78 is 36.7. The summed E-state index contributed by atoms with van der Waals surface area (Å²) >= 11 is 0. The zero-order valence-electron chi connectivity index (χ0n) is 17.4. The third kappa shape index (κ3) is 4.65. The van der Waals surface area contributed by atoms with Crippen LogP contribution in [0, 0.1) is 22.6 Å². The van der Waals surface area contributed by atoms with Crippen molar-refractivity contribution in [1.29, 1.82) is 5.26 Å². The van der Waals surface area contributed by atoms with Crippen LogP contribution < -0.4 is 15.4 Å². The van der Waals surface area contributed by atoms with Crippen LogP contribution in [0.25, 0.3) is 0 Å². The van der Waals surface area contributed by atoms with Crippen LogP contribution in [-0.4, -0.2) is 52.4 Å². The Morgan fingerprint density at radius 3 is 2.45 bits per heavy atom. The molecule has 7 nitrogen and oxygen atoms in total. The molecule has 0 bridgehead atoms. The minimum absolute atomic E-state index is 0.133. The highest BCUT2D eigenvalue weighted by Crippen LogP contribution is 2.38. The minimum atomic E-state index is -0.422. The Morgan fingerprint density at radius 2 is 1.90 bits per heavy atom. The summed E-state index contributed by atoms with van der Waals surface area (Å²) in [6, 6.07) is 14.3. The topological polar surface area (TPSA) is 90.0 Å². The van der Waals surface area contributed by atoms with Gasteiger partial charge in [0.15, 0.2) is 17.9 Å². The monoisotopic (exact) mass is 427 g/mol. The van der Waals surface area contributed by atoms with Gasteiger partial charge in [0.25, 0.3) is 0 Å². The molecule has 2 aliphatic heterocycles. The van der Waals surface area contributed by atoms with Crippen LogP contribution in [0.3, 0.4) is 0 Å². The Balaban J connectivity index is 1.60. The van der Waals surface area contributed by atoms with Gasteiger partial charge in [-0.25, -0.2) is 4.39 Å². The van der Waals surface area contributed by atoms with Crippen LogP contribution in [0.5, 0.6) is 5.75 Å². The number of ether oxygens (including phenoxy) is 4. The van der Waals surface area contributed by atoms with Gasteiger partial charge in [0, 0.05) is 18.8 Å². The molecule has 0 aromatic heterocycles. The van der Waals surface area contributed by atoms with E-state index in [1.807, 2.05) is 18.2 Å². The molecule has 31 heavy (non-hydrogen) atoms. The Kier molecular flexibility index (Phi) is 6.39. The third-order valence-electron chi connectivity index (χ3n) is 5.66. The SMILES string of the molecule is COc1ccc(CN(CC2(C3OCC(N)CO3)COC2)c2ccc(C#N)cc2)cc1F. The number of halogens is 1. The Morgan fingerprint density at radius 1 is 1.19 bits per heavy atom. The lowest BCUT2D eigenvalue weighted by molar-refractivity contribution is -0.295. The Bertz CT molecular complexity index is 935. The predicted octanol–water partition coefficient (Wildman–Crippen LogP) is 2.43. The number of nitrogens with two attached hydrogens (primary N) is 1. The van der Waals surface area contributed by atoms with Crippen molar-refractivity contribution in [3.05, 3.63) is 59.4 Å². The summed E-state index contributed by atoms with van der Waals surface area (Å²) in [5.41, 5.74) is 7.82. The van der Waals surface area contributed by atoms with Crippen LogP contribution in [0.2, 0.25) is 0 Å². The van der Waals surface area contributed by atoms with E-state index in [0.29, 0.717) is 45.1 Å². The average molecular weight is 427 g/mol. The van der Waals surface area contributed by atoms with E-state index in [4.69, 9.17) is 29.9 Å². The van der Waals surface area contributed by atoms with Crippen molar-refractivity contribution in [3.8, 4) is 11.8 Å². The molecule has 8 heteroatoms. The molecule has 0 amide bonds. The van der Waals surface area contributed by atoms with E-state index in [1.165, 1.54) is 13.2 Å². The average Bonchev–Trinajstić information content (AvgIpc) is 2.76. The summed E-state index contributed by atoms with van der Waals surface area (Å²) in [6.07, 6.45) is -0.422. The van der Waals surface area contributed by atoms with Gasteiger partial charge in [-0.15, -0.1) is 0 Å². The zero-order valence-corrected chi connectivity index (χ0v) is 17.4. The van der Waals surface area contributed by atoms with E-state index in [2.05, 4.69) is 11.0 Å². The van der Waals surface area contributed by atoms with E-state index >= 15 is 0 Å². The molecule has 2 saturated heterocycles. The van der Waals surface area contributed by atoms with Crippen molar-refractivity contribution >= 4 is 5.69 Å². The number of hydrogen-bond donors (Lipinski definition) is 1. The summed E-state index contributed by atoms with van der Waals surface area (Å²) in [6.45, 7) is 2.90. The molecule has 2 N–H and O–H groups in total. The highest BCUT2D eigenvalue weighted by molar-refractivity contribution is 5.51. The van der Waals surface area contributed by atoms with Gasteiger partial charge in [0.2, 0.25) is 0 Å². The van der Waals surface area contributed by atoms with Gasteiger partial charge in [-0.2, -0.15) is 5.26 Å². The van der Waals surface area contributed by atoms with Crippen LogP contribution in [0.4, 0.5) is 10.1 Å². The molecular weight excluding hydrogens is 401 g/mol. The number of nitrogens with zero attached hydrogens (tertiary/aromatic N) is 2. The van der Waals surface area contributed by atoms with Crippen molar-refractivity contribution in [2.75, 3.05) is 45.0 Å². The molecular formula is C23H26FN3O4. The van der Waals surface area contributed by atoms with Crippen LogP contribution in [0.1, 0.15) is 11.1 Å². The summed E-state index contributed by atoms with van der Waals surface area (Å²) in [5, 5.41) is 9.13. The van der Waals surface area contributed by atoms with Gasteiger partial charge in [0.05, 0.1) is 56.6 Å². The zero-order chi connectivity index (χ0) is 21.8. The maximum absolute atomic E-state index is 14.3. The molecule has 2 aromatic carbocycles. The quantitative estimate of drug-likeness (QED) is 0.726. The first kappa shape index (κ1) is 21.5. The van der Waals surface area contributed by atoms with Gasteiger partial charge in [-0.1, -0.05) is 6.07 Å². The molecule has 164 valence electrons. The number of hydrogen-bond acceptors (Lipinski definition) is 7. The van der Waals surface area contributed by atoms with Crippen LogP contribution in [0.15, 0.2) is 42.5 Å². The molecule has 2 aromatic rings. The predicted molar refractivity (Wildman–Crippen MR) is 112 cm³/mol. The Labute approximate surface area is 181 Å². The summed E-state index contributed by atoms with van der Waals surface area (Å²) in [5.74, 6) is -0.202. The molecule has 0 radical (unpaired) electrons. The van der Waals surface area contributed by atoms with Gasteiger partial charge < -0.3 is 29.6 Å². The highest BCUT2D eigenvalue weighted by Gasteiger charge is 2.50. The number of benzene rings is 2. The van der Waals surface area contributed by atoms with Gasteiger partial charge in [0.1, 0.15) is 0 Å². The second-order valence-corrected chi connectivity index (χ2v) is 8.10. The van der Waals surface area contributed by atoms with Crippen LogP contribution in [-0.2, 0) is 20.8 Å². The van der Waals surface area contributed by atoms with E-state index in [1.54, 1.807) is 18.2 Å². The van der Waals surface area contributed by atoms with Gasteiger partial charge in [-0.3, -0.25) is 0 Å². The van der Waals surface area contributed by atoms with Crippen molar-refractivity contribution in [1.82, 2.24) is 0 Å². The fourth-order valence-corrected chi connectivity index (χ4v) is 3.93. The van der Waals surface area contributed by atoms with Crippen molar-refractivity contribution in [2.45, 2.75) is 18.9 Å². The number of methoxy groups -OCH3 is 1. The Hall–Kier alpha value is -2.70. The highest BCUT2D eigenvalue weighted by atomic mass is 19.1. The molecule has 2 fully saturated rings. The molecule has 4 rings (SSSR count). The van der Waals surface area contributed by atoms with Crippen molar-refractivity contribution in [2.24, 2.45) is 11.1 Å². The number of nitriles is 1. The molecule has 0 aliphatic carbocycles. The minimum Gasteiger partial charge on any atom is -0.494 e. The van der Waals surface area contributed by atoms with E-state index in [9.17, 15) is 4.39 Å². The summed E-state index contributed by atoms with van der Waals surface area (Å²) in [4.78, 5) is 2.13. The molecule has 2 aliphatic rings. The third-order valence-corrected chi connectivity index (χ3v) is 5.66. The molecule has 0 unspecified atom stereocenters. The van der Waals surface area contributed by atoms with E-state index in [0.717, 1.165) is 11.3 Å². The number of anilines is 1. The maximum Gasteiger partial charge on any atom is 0.169 e. The van der Waals surface area contributed by atoms with E-state index < -0.39 is 12.1 Å².